The van der Waals surface area contributed by atoms with E-state index in [2.05, 4.69) is 0 Å². The number of hydrogen-bond donors (Lipinski definition) is 3. The lowest BCUT2D eigenvalue weighted by Gasteiger charge is -2.27. The van der Waals surface area contributed by atoms with Gasteiger partial charge in [-0.15, -0.1) is 0 Å². The molecule has 5 atom stereocenters. The van der Waals surface area contributed by atoms with Gasteiger partial charge in [0.25, 0.3) is 11.4 Å². The number of nitrogens with one attached hydrogen (secondary N) is 1. The number of benzene rings is 1. The van der Waals surface area contributed by atoms with E-state index >= 15 is 4.39 Å². The first-order chi connectivity index (χ1) is 13.1. The molecule has 1 aliphatic heterocycles. The third kappa shape index (κ3) is 3.94. The molecule has 10 nitrogen and oxygen atoms in total. The molecule has 0 bridgehead atoms. The summed E-state index contributed by atoms with van der Waals surface area (Å²) in [5, 5.41) is 20.7. The molecule has 2 aromatic rings. The highest BCUT2D eigenvalue weighted by atomic mass is 31.1. The Labute approximate surface area is 158 Å². The van der Waals surface area contributed by atoms with Gasteiger partial charge in [0.15, 0.2) is 6.23 Å². The Hall–Kier alpha value is -2.30. The fourth-order valence-corrected chi connectivity index (χ4v) is 3.48. The van der Waals surface area contributed by atoms with E-state index in [1.54, 1.807) is 18.2 Å². The number of para-hydroxylation sites is 1. The van der Waals surface area contributed by atoms with Crippen LogP contribution in [0.25, 0.3) is 0 Å². The lowest BCUT2D eigenvalue weighted by molar-refractivity contribution is -0.203. The average Bonchev–Trinajstić information content (AvgIpc) is 2.82. The smallest absolute Gasteiger partial charge is 0.368 e. The summed E-state index contributed by atoms with van der Waals surface area (Å²) in [6, 6.07) is 8.98. The van der Waals surface area contributed by atoms with Crippen LogP contribution in [0.15, 0.2) is 52.2 Å². The van der Waals surface area contributed by atoms with Gasteiger partial charge >= 0.3 is 13.9 Å². The van der Waals surface area contributed by atoms with Crippen LogP contribution in [0.3, 0.4) is 0 Å². The summed E-state index contributed by atoms with van der Waals surface area (Å²) in [6.07, 6.45) is -2.85. The van der Waals surface area contributed by atoms with Crippen molar-refractivity contribution in [1.82, 2.24) is 9.55 Å². The number of nitrogens with zero attached hydrogens (tertiary/aromatic N) is 1. The monoisotopic (exact) mass is 416 g/mol. The Morgan fingerprint density at radius 3 is 2.64 bits per heavy atom. The van der Waals surface area contributed by atoms with Crippen molar-refractivity contribution < 1.29 is 33.0 Å². The third-order valence-corrected chi connectivity index (χ3v) is 4.99. The zero-order valence-corrected chi connectivity index (χ0v) is 15.6. The predicted octanol–water partition coefficient (Wildman–Crippen LogP) is 0.328. The fraction of sp³-hybridized carbons (Fsp3) is 0.375. The highest BCUT2D eigenvalue weighted by Gasteiger charge is 2.63. The van der Waals surface area contributed by atoms with Gasteiger partial charge in [-0.1, -0.05) is 18.2 Å². The molecule has 1 fully saturated rings. The summed E-state index contributed by atoms with van der Waals surface area (Å²) in [5.41, 5.74) is -3.95. The fourth-order valence-electron chi connectivity index (χ4n) is 2.78. The second kappa shape index (κ2) is 7.61. The normalized spacial score (nSPS) is 30.9. The number of alkyl halides is 1. The molecule has 3 N–H and O–H groups in total. The summed E-state index contributed by atoms with van der Waals surface area (Å²) in [6.45, 7) is 0.00822. The molecule has 0 radical (unpaired) electrons. The maximum absolute atomic E-state index is 15.1. The minimum atomic E-state index is -3.20. The molecule has 2 heterocycles. The first-order valence-corrected chi connectivity index (χ1v) is 9.34. The van der Waals surface area contributed by atoms with Gasteiger partial charge in [-0.2, -0.15) is 0 Å². The molecule has 1 aromatic heterocycles. The molecule has 1 saturated heterocycles. The maximum atomic E-state index is 15.1. The molecule has 0 aliphatic carbocycles. The van der Waals surface area contributed by atoms with Crippen molar-refractivity contribution >= 4 is 8.25 Å². The van der Waals surface area contributed by atoms with Gasteiger partial charge in [0.05, 0.1) is 0 Å². The zero-order valence-electron chi connectivity index (χ0n) is 14.6. The van der Waals surface area contributed by atoms with E-state index in [0.717, 1.165) is 23.8 Å². The van der Waals surface area contributed by atoms with Crippen LogP contribution < -0.4 is 15.8 Å². The zero-order chi connectivity index (χ0) is 20.5. The number of aliphatic hydroxyl groups is 2. The van der Waals surface area contributed by atoms with Crippen molar-refractivity contribution in [3.8, 4) is 5.75 Å². The molecule has 0 spiro atoms. The lowest BCUT2D eigenvalue weighted by Crippen LogP contribution is -2.49. The van der Waals surface area contributed by atoms with Crippen LogP contribution in [-0.2, 0) is 13.8 Å². The standard InChI is InChI=1S/C16H18FN2O8P/c1-15(23)12(21)16(17,9-25-28(24)27-10-5-3-2-4-6-10)26-13(15)19-8-7-11(20)18-14(19)22/h2-8,12-13,21,23,28H,9H2,1H3,(H,18,20,22)/t12?,13-,15-,16-/m1/s1. The Kier molecular flexibility index (Phi) is 5.55. The molecule has 1 aliphatic rings. The van der Waals surface area contributed by atoms with Gasteiger partial charge in [0, 0.05) is 12.3 Å². The van der Waals surface area contributed by atoms with Crippen LogP contribution in [0.2, 0.25) is 0 Å². The van der Waals surface area contributed by atoms with Crippen molar-refractivity contribution in [3.63, 3.8) is 0 Å². The molecule has 152 valence electrons. The molecular formula is C16H18FN2O8P. The minimum absolute atomic E-state index is 0.233. The summed E-state index contributed by atoms with van der Waals surface area (Å²) >= 11 is 0. The van der Waals surface area contributed by atoms with E-state index in [1.165, 1.54) is 12.1 Å². The van der Waals surface area contributed by atoms with Crippen LogP contribution in [0.1, 0.15) is 13.2 Å². The van der Waals surface area contributed by atoms with Gasteiger partial charge in [-0.3, -0.25) is 18.9 Å². The molecule has 0 saturated carbocycles. The first-order valence-electron chi connectivity index (χ1n) is 8.12. The van der Waals surface area contributed by atoms with E-state index in [9.17, 15) is 24.4 Å². The summed E-state index contributed by atoms with van der Waals surface area (Å²) in [4.78, 5) is 25.0. The van der Waals surface area contributed by atoms with Gasteiger partial charge in [-0.25, -0.2) is 13.8 Å². The Balaban J connectivity index is 1.75. The minimum Gasteiger partial charge on any atom is -0.426 e. The molecule has 1 aromatic carbocycles. The van der Waals surface area contributed by atoms with Crippen LogP contribution >= 0.6 is 8.25 Å². The number of ether oxygens (including phenoxy) is 1. The van der Waals surface area contributed by atoms with Gasteiger partial charge in [0.2, 0.25) is 0 Å². The highest BCUT2D eigenvalue weighted by molar-refractivity contribution is 7.33. The SMILES string of the molecule is C[C@@]1(O)C(O)[C@@](F)(CO[PH](=O)Oc2ccccc2)O[C@H]1n1ccc(=O)[nH]c1=O. The van der Waals surface area contributed by atoms with Crippen LogP contribution in [-0.4, -0.2) is 43.9 Å². The van der Waals surface area contributed by atoms with Gasteiger partial charge in [-0.05, 0) is 19.1 Å². The molecule has 28 heavy (non-hydrogen) atoms. The van der Waals surface area contributed by atoms with Crippen molar-refractivity contribution in [1.29, 1.82) is 0 Å². The van der Waals surface area contributed by atoms with E-state index in [-0.39, 0.29) is 5.75 Å². The van der Waals surface area contributed by atoms with E-state index in [1.807, 2.05) is 4.98 Å². The summed E-state index contributed by atoms with van der Waals surface area (Å²) in [5.74, 6) is -2.76. The largest absolute Gasteiger partial charge is 0.426 e. The Morgan fingerprint density at radius 1 is 1.32 bits per heavy atom. The van der Waals surface area contributed by atoms with Crippen LogP contribution in [0.4, 0.5) is 4.39 Å². The molecule has 12 heteroatoms. The Morgan fingerprint density at radius 2 is 2.00 bits per heavy atom. The van der Waals surface area contributed by atoms with Gasteiger partial charge in [0.1, 0.15) is 24.1 Å². The lowest BCUT2D eigenvalue weighted by atomic mass is 9.95. The van der Waals surface area contributed by atoms with Crippen molar-refractivity contribution in [2.45, 2.75) is 30.7 Å². The summed E-state index contributed by atoms with van der Waals surface area (Å²) < 4.78 is 42.7. The number of rotatable bonds is 6. The summed E-state index contributed by atoms with van der Waals surface area (Å²) in [7, 11) is -3.20. The predicted molar refractivity (Wildman–Crippen MR) is 93.9 cm³/mol. The first kappa shape index (κ1) is 20.4. The van der Waals surface area contributed by atoms with Gasteiger partial charge < -0.3 is 19.5 Å². The van der Waals surface area contributed by atoms with Crippen molar-refractivity contribution in [3.05, 3.63) is 63.4 Å². The number of aromatic amines is 1. The van der Waals surface area contributed by atoms with Crippen molar-refractivity contribution in [2.75, 3.05) is 6.61 Å². The number of halogens is 1. The van der Waals surface area contributed by atoms with E-state index in [0.29, 0.717) is 0 Å². The number of aliphatic hydroxyl groups excluding tert-OH is 1. The topological polar surface area (TPSA) is 140 Å². The number of hydrogen-bond acceptors (Lipinski definition) is 8. The molecular weight excluding hydrogens is 398 g/mol. The maximum Gasteiger partial charge on any atom is 0.368 e. The molecule has 2 unspecified atom stereocenters. The third-order valence-electron chi connectivity index (χ3n) is 4.20. The molecule has 0 amide bonds. The van der Waals surface area contributed by atoms with Crippen molar-refractivity contribution in [2.24, 2.45) is 0 Å². The Bertz CT molecular complexity index is 978. The second-order valence-electron chi connectivity index (χ2n) is 6.36. The average molecular weight is 416 g/mol. The number of H-pyrrole nitrogens is 1. The van der Waals surface area contributed by atoms with E-state index in [4.69, 9.17) is 13.8 Å². The van der Waals surface area contributed by atoms with Crippen LogP contribution in [0.5, 0.6) is 5.75 Å². The second-order valence-corrected chi connectivity index (χ2v) is 7.35. The van der Waals surface area contributed by atoms with Crippen LogP contribution in [0, 0.1) is 0 Å². The highest BCUT2D eigenvalue weighted by Crippen LogP contribution is 2.45. The quantitative estimate of drug-likeness (QED) is 0.573. The van der Waals surface area contributed by atoms with E-state index < -0.39 is 49.9 Å². The number of aromatic nitrogens is 2. The molecule has 3 rings (SSSR count).